The average molecular weight is 393 g/mol. The van der Waals surface area contributed by atoms with Gasteiger partial charge >= 0.3 is 5.97 Å². The summed E-state index contributed by atoms with van der Waals surface area (Å²) >= 11 is 0. The molecule has 7 heteroatoms. The molecule has 1 amide bonds. The van der Waals surface area contributed by atoms with Crippen LogP contribution in [0.3, 0.4) is 0 Å². The Morgan fingerprint density at radius 2 is 2.03 bits per heavy atom. The summed E-state index contributed by atoms with van der Waals surface area (Å²) in [6.07, 6.45) is 3.77. The Morgan fingerprint density at radius 1 is 1.28 bits per heavy atom. The molecular weight excluding hydrogens is 370 g/mol. The number of nitrogens with one attached hydrogen (secondary N) is 1. The van der Waals surface area contributed by atoms with Gasteiger partial charge in [0.2, 0.25) is 0 Å². The number of fused-ring (bicyclic) bond motifs is 1. The first-order valence-corrected chi connectivity index (χ1v) is 9.93. The molecule has 1 aliphatic rings. The van der Waals surface area contributed by atoms with Gasteiger partial charge in [0.1, 0.15) is 6.04 Å². The molecule has 2 aromatic heterocycles. The minimum absolute atomic E-state index is 0.205. The minimum atomic E-state index is -1.07. The summed E-state index contributed by atoms with van der Waals surface area (Å²) in [5.41, 5.74) is 3.06. The molecule has 1 saturated carbocycles. The molecule has 1 aliphatic carbocycles. The highest BCUT2D eigenvalue weighted by atomic mass is 16.5. The van der Waals surface area contributed by atoms with Crippen LogP contribution >= 0.6 is 0 Å². The summed E-state index contributed by atoms with van der Waals surface area (Å²) in [6.45, 7) is 2.02. The van der Waals surface area contributed by atoms with Gasteiger partial charge in [0, 0.05) is 18.0 Å². The number of pyridine rings is 1. The molecule has 150 valence electrons. The standard InChI is InChI=1S/C22H23N3O4/c1-2-6-16-19-15(12-17(14-9-10-14)24-21(19)29-25-16)20(26)23-18(22(27)28)11-13-7-4-3-5-8-13/h3-5,7-8,12,14,18H,2,6,9-11H2,1H3,(H,23,26)(H,27,28)/t18-/m1/s1. The van der Waals surface area contributed by atoms with Crippen molar-refractivity contribution >= 4 is 23.0 Å². The summed E-state index contributed by atoms with van der Waals surface area (Å²) in [6, 6.07) is 9.98. The summed E-state index contributed by atoms with van der Waals surface area (Å²) in [5, 5.41) is 17.0. The third-order valence-electron chi connectivity index (χ3n) is 5.15. The molecule has 29 heavy (non-hydrogen) atoms. The van der Waals surface area contributed by atoms with Crippen LogP contribution in [0.15, 0.2) is 40.9 Å². The normalized spacial score (nSPS) is 14.7. The fourth-order valence-corrected chi connectivity index (χ4v) is 3.49. The maximum Gasteiger partial charge on any atom is 0.326 e. The van der Waals surface area contributed by atoms with Crippen LogP contribution in [0.2, 0.25) is 0 Å². The molecule has 2 N–H and O–H groups in total. The Labute approximate surface area is 168 Å². The Balaban J connectivity index is 1.67. The molecule has 7 nitrogen and oxygen atoms in total. The third kappa shape index (κ3) is 4.13. The van der Waals surface area contributed by atoms with Crippen molar-refractivity contribution in [3.05, 3.63) is 58.9 Å². The number of carboxylic acid groups (broad SMARTS) is 1. The largest absolute Gasteiger partial charge is 0.480 e. The molecule has 2 heterocycles. The Kier molecular flexibility index (Phi) is 5.29. The Morgan fingerprint density at radius 3 is 2.69 bits per heavy atom. The highest BCUT2D eigenvalue weighted by Gasteiger charge is 2.30. The van der Waals surface area contributed by atoms with E-state index in [4.69, 9.17) is 4.52 Å². The zero-order valence-electron chi connectivity index (χ0n) is 16.2. The topological polar surface area (TPSA) is 105 Å². The van der Waals surface area contributed by atoms with E-state index in [0.717, 1.165) is 30.5 Å². The van der Waals surface area contributed by atoms with Crippen LogP contribution in [0, 0.1) is 0 Å². The van der Waals surface area contributed by atoms with E-state index in [2.05, 4.69) is 15.5 Å². The number of carboxylic acids is 1. The number of amides is 1. The summed E-state index contributed by atoms with van der Waals surface area (Å²) in [4.78, 5) is 29.5. The van der Waals surface area contributed by atoms with Crippen LogP contribution < -0.4 is 5.32 Å². The van der Waals surface area contributed by atoms with Crippen molar-refractivity contribution in [1.82, 2.24) is 15.5 Å². The summed E-state index contributed by atoms with van der Waals surface area (Å²) in [7, 11) is 0. The number of carbonyl (C=O) groups excluding carboxylic acids is 1. The van der Waals surface area contributed by atoms with Gasteiger partial charge in [-0.2, -0.15) is 0 Å². The monoisotopic (exact) mass is 393 g/mol. The van der Waals surface area contributed by atoms with E-state index in [1.165, 1.54) is 0 Å². The van der Waals surface area contributed by atoms with Crippen LogP contribution in [0.1, 0.15) is 59.4 Å². The second-order valence-corrected chi connectivity index (χ2v) is 7.48. The molecule has 1 aromatic carbocycles. The number of aromatic nitrogens is 2. The van der Waals surface area contributed by atoms with Crippen molar-refractivity contribution in [2.45, 2.75) is 51.0 Å². The number of rotatable bonds is 8. The molecule has 3 aromatic rings. The van der Waals surface area contributed by atoms with Gasteiger partial charge in [-0.25, -0.2) is 9.78 Å². The number of hydrogen-bond donors (Lipinski definition) is 2. The van der Waals surface area contributed by atoms with Crippen molar-refractivity contribution in [2.24, 2.45) is 0 Å². The molecule has 0 unspecified atom stereocenters. The van der Waals surface area contributed by atoms with Crippen molar-refractivity contribution in [3.63, 3.8) is 0 Å². The van der Waals surface area contributed by atoms with Gasteiger partial charge in [0.25, 0.3) is 11.6 Å². The predicted octanol–water partition coefficient (Wildman–Crippen LogP) is 3.48. The van der Waals surface area contributed by atoms with E-state index in [9.17, 15) is 14.7 Å². The highest BCUT2D eigenvalue weighted by Crippen LogP contribution is 2.40. The first-order valence-electron chi connectivity index (χ1n) is 9.93. The van der Waals surface area contributed by atoms with Gasteiger partial charge in [-0.3, -0.25) is 4.79 Å². The van der Waals surface area contributed by atoms with E-state index in [-0.39, 0.29) is 6.42 Å². The lowest BCUT2D eigenvalue weighted by molar-refractivity contribution is -0.139. The van der Waals surface area contributed by atoms with Gasteiger partial charge in [0.05, 0.1) is 16.6 Å². The van der Waals surface area contributed by atoms with Crippen LogP contribution in [0.4, 0.5) is 0 Å². The lowest BCUT2D eigenvalue weighted by Crippen LogP contribution is -2.42. The fourth-order valence-electron chi connectivity index (χ4n) is 3.49. The van der Waals surface area contributed by atoms with Crippen LogP contribution in [-0.2, 0) is 17.6 Å². The summed E-state index contributed by atoms with van der Waals surface area (Å²) < 4.78 is 5.40. The van der Waals surface area contributed by atoms with Gasteiger partial charge in [0.15, 0.2) is 0 Å². The predicted molar refractivity (Wildman–Crippen MR) is 107 cm³/mol. The van der Waals surface area contributed by atoms with Crippen molar-refractivity contribution in [2.75, 3.05) is 0 Å². The number of hydrogen-bond acceptors (Lipinski definition) is 5. The fraction of sp³-hybridized carbons (Fsp3) is 0.364. The van der Waals surface area contributed by atoms with E-state index in [1.54, 1.807) is 6.07 Å². The maximum atomic E-state index is 13.1. The molecule has 0 aliphatic heterocycles. The lowest BCUT2D eigenvalue weighted by atomic mass is 10.0. The number of aryl methyl sites for hydroxylation is 1. The highest BCUT2D eigenvalue weighted by molar-refractivity contribution is 6.07. The van der Waals surface area contributed by atoms with Crippen molar-refractivity contribution in [1.29, 1.82) is 0 Å². The smallest absolute Gasteiger partial charge is 0.326 e. The van der Waals surface area contributed by atoms with E-state index >= 15 is 0 Å². The number of nitrogens with zero attached hydrogens (tertiary/aromatic N) is 2. The molecule has 0 bridgehead atoms. The molecule has 0 spiro atoms. The van der Waals surface area contributed by atoms with E-state index < -0.39 is 17.9 Å². The number of carbonyl (C=O) groups is 2. The lowest BCUT2D eigenvalue weighted by Gasteiger charge is -2.15. The number of benzene rings is 1. The molecule has 4 rings (SSSR count). The Hall–Kier alpha value is -3.22. The van der Waals surface area contributed by atoms with Gasteiger partial charge in [-0.05, 0) is 30.9 Å². The zero-order chi connectivity index (χ0) is 20.4. The molecule has 0 radical (unpaired) electrons. The van der Waals surface area contributed by atoms with E-state index in [0.29, 0.717) is 34.7 Å². The van der Waals surface area contributed by atoms with Crippen LogP contribution in [-0.4, -0.2) is 33.2 Å². The van der Waals surface area contributed by atoms with Crippen molar-refractivity contribution < 1.29 is 19.2 Å². The van der Waals surface area contributed by atoms with Crippen LogP contribution in [0.25, 0.3) is 11.1 Å². The van der Waals surface area contributed by atoms with Gasteiger partial charge < -0.3 is 14.9 Å². The molecule has 1 atom stereocenters. The summed E-state index contributed by atoms with van der Waals surface area (Å²) in [5.74, 6) is -1.19. The molecule has 1 fully saturated rings. The van der Waals surface area contributed by atoms with Crippen molar-refractivity contribution in [3.8, 4) is 0 Å². The second-order valence-electron chi connectivity index (χ2n) is 7.48. The van der Waals surface area contributed by atoms with Gasteiger partial charge in [-0.1, -0.05) is 48.8 Å². The maximum absolute atomic E-state index is 13.1. The third-order valence-corrected chi connectivity index (χ3v) is 5.15. The quantitative estimate of drug-likeness (QED) is 0.607. The minimum Gasteiger partial charge on any atom is -0.480 e. The molecular formula is C22H23N3O4. The van der Waals surface area contributed by atoms with E-state index in [1.807, 2.05) is 37.3 Å². The average Bonchev–Trinajstić information content (AvgIpc) is 3.49. The van der Waals surface area contributed by atoms with Gasteiger partial charge in [-0.15, -0.1) is 0 Å². The number of aliphatic carboxylic acids is 1. The van der Waals surface area contributed by atoms with Crippen LogP contribution in [0.5, 0.6) is 0 Å². The molecule has 0 saturated heterocycles. The first kappa shape index (κ1) is 19.1. The SMILES string of the molecule is CCCc1noc2nc(C3CC3)cc(C(=O)N[C@H](Cc3ccccc3)C(=O)O)c12. The second kappa shape index (κ2) is 8.03. The first-order chi connectivity index (χ1) is 14.1. The zero-order valence-corrected chi connectivity index (χ0v) is 16.2. The Bertz CT molecular complexity index is 1040.